The van der Waals surface area contributed by atoms with E-state index in [1.807, 2.05) is 0 Å². The van der Waals surface area contributed by atoms with E-state index in [2.05, 4.69) is 95.1 Å². The van der Waals surface area contributed by atoms with Crippen molar-refractivity contribution < 1.29 is 16.5 Å². The molecule has 2 aromatic carbocycles. The van der Waals surface area contributed by atoms with Gasteiger partial charge in [-0.05, 0) is 0 Å². The number of nitrogens with two attached hydrogens (primary N) is 2. The Labute approximate surface area is 222 Å². The summed E-state index contributed by atoms with van der Waals surface area (Å²) in [5.74, 6) is 1.57. The zero-order chi connectivity index (χ0) is 25.7. The summed E-state index contributed by atoms with van der Waals surface area (Å²) >= 11 is -2.29. The predicted molar refractivity (Wildman–Crippen MR) is 146 cm³/mol. The molecule has 0 radical (unpaired) electrons. The van der Waals surface area contributed by atoms with Crippen molar-refractivity contribution in [1.82, 2.24) is 3.30 Å². The predicted octanol–water partition coefficient (Wildman–Crippen LogP) is 8.02. The standard InChI is InChI=1S/C28H44N3.Au.2ClH/c1-17(2)21-11-9-12-22(18(3)4)27(21)25(29)15-31-16-26(30)28-23(19(5)6)13-10-14-24(28)20(7)8;;;/h9-14,17-20,25-26H,15-16,29-30H2,1-8H3;;2*1H/q-1;+3;;/p-2. The Bertz CT molecular complexity index is 804. The Kier molecular flexibility index (Phi) is 11.6. The van der Waals surface area contributed by atoms with Gasteiger partial charge in [0.25, 0.3) is 0 Å². The second-order valence-electron chi connectivity index (χ2n) is 10.5. The Morgan fingerprint density at radius 3 is 1.09 bits per heavy atom. The van der Waals surface area contributed by atoms with Gasteiger partial charge in [0.2, 0.25) is 0 Å². The summed E-state index contributed by atoms with van der Waals surface area (Å²) in [6, 6.07) is 12.7. The number of benzene rings is 2. The number of halogens is 2. The molecule has 6 heteroatoms. The molecule has 0 aliphatic rings. The summed E-state index contributed by atoms with van der Waals surface area (Å²) < 4.78 is 2.16. The molecule has 0 spiro atoms. The third kappa shape index (κ3) is 7.33. The number of nitrogens with zero attached hydrogens (tertiary/aromatic N) is 1. The van der Waals surface area contributed by atoms with Gasteiger partial charge in [-0.2, -0.15) is 0 Å². The zero-order valence-corrected chi connectivity index (χ0v) is 25.7. The summed E-state index contributed by atoms with van der Waals surface area (Å²) in [5, 5.41) is 0. The van der Waals surface area contributed by atoms with Gasteiger partial charge in [-0.15, -0.1) is 0 Å². The van der Waals surface area contributed by atoms with Crippen molar-refractivity contribution >= 4 is 18.4 Å². The molecule has 2 unspecified atom stereocenters. The van der Waals surface area contributed by atoms with Crippen LogP contribution in [0.4, 0.5) is 0 Å². The Morgan fingerprint density at radius 1 is 0.618 bits per heavy atom. The maximum absolute atomic E-state index is 6.91. The third-order valence-corrected chi connectivity index (χ3v) is 10.7. The van der Waals surface area contributed by atoms with Gasteiger partial charge >= 0.3 is 224 Å². The molecule has 2 atom stereocenters. The molecular formula is C28H44AuCl2N3. The van der Waals surface area contributed by atoms with Gasteiger partial charge in [0, 0.05) is 0 Å². The molecule has 4 N–H and O–H groups in total. The minimum absolute atomic E-state index is 0.178. The van der Waals surface area contributed by atoms with Gasteiger partial charge in [0.1, 0.15) is 0 Å². The van der Waals surface area contributed by atoms with Gasteiger partial charge in [0.15, 0.2) is 0 Å². The Hall–Kier alpha value is -0.360. The third-order valence-electron chi connectivity index (χ3n) is 6.48. The molecular weight excluding hydrogens is 646 g/mol. The van der Waals surface area contributed by atoms with E-state index >= 15 is 0 Å². The molecule has 3 nitrogen and oxygen atoms in total. The van der Waals surface area contributed by atoms with Crippen LogP contribution >= 0.6 is 18.4 Å². The van der Waals surface area contributed by atoms with E-state index in [4.69, 9.17) is 29.8 Å². The van der Waals surface area contributed by atoms with Crippen LogP contribution in [-0.4, -0.2) is 16.4 Å². The van der Waals surface area contributed by atoms with Crippen molar-refractivity contribution in [2.45, 2.75) is 91.1 Å². The molecule has 0 heterocycles. The second kappa shape index (κ2) is 13.3. The summed E-state index contributed by atoms with van der Waals surface area (Å²) in [6.07, 6.45) is 0. The normalized spacial score (nSPS) is 14.6. The molecule has 0 aliphatic heterocycles. The van der Waals surface area contributed by atoms with Crippen molar-refractivity contribution in [3.63, 3.8) is 0 Å². The molecule has 0 aliphatic carbocycles. The molecule has 0 bridgehead atoms. The van der Waals surface area contributed by atoms with Crippen LogP contribution in [0.25, 0.3) is 0 Å². The molecule has 0 fully saturated rings. The van der Waals surface area contributed by atoms with E-state index in [9.17, 15) is 0 Å². The van der Waals surface area contributed by atoms with Gasteiger partial charge in [-0.3, -0.25) is 0 Å². The van der Waals surface area contributed by atoms with E-state index in [0.29, 0.717) is 36.8 Å². The number of hydrogen-bond donors (Lipinski definition) is 2. The van der Waals surface area contributed by atoms with Crippen LogP contribution in [0, 0.1) is 0 Å². The fourth-order valence-corrected chi connectivity index (χ4v) is 7.62. The Morgan fingerprint density at radius 2 is 0.882 bits per heavy atom. The summed E-state index contributed by atoms with van der Waals surface area (Å²) in [6.45, 7) is 19.0. The van der Waals surface area contributed by atoms with Crippen LogP contribution in [0.5, 0.6) is 0 Å². The molecule has 0 aromatic heterocycles. The number of rotatable bonds is 11. The van der Waals surface area contributed by atoms with Crippen LogP contribution in [0.15, 0.2) is 36.4 Å². The topological polar surface area (TPSA) is 55.3 Å². The van der Waals surface area contributed by atoms with Crippen molar-refractivity contribution in [3.05, 3.63) is 69.8 Å². The SMILES string of the molecule is CC(C)c1cccc(C(C)C)c1C(N)C[N](CC(N)c1c(C(C)C)cccc1C(C)C)[Au]([Cl])[Cl]. The second-order valence-corrected chi connectivity index (χ2v) is 17.4. The van der Waals surface area contributed by atoms with Gasteiger partial charge in [-0.1, -0.05) is 0 Å². The molecule has 196 valence electrons. The number of hydrogen-bond acceptors (Lipinski definition) is 3. The van der Waals surface area contributed by atoms with E-state index < -0.39 is 16.5 Å². The Balaban J connectivity index is 2.41. The van der Waals surface area contributed by atoms with Crippen molar-refractivity contribution in [1.29, 1.82) is 0 Å². The van der Waals surface area contributed by atoms with E-state index in [1.165, 1.54) is 33.4 Å². The van der Waals surface area contributed by atoms with Crippen LogP contribution in [0.3, 0.4) is 0 Å². The average Bonchev–Trinajstić information content (AvgIpc) is 2.76. The van der Waals surface area contributed by atoms with Crippen molar-refractivity contribution in [2.24, 2.45) is 11.5 Å². The average molecular weight is 691 g/mol. The first-order valence-electron chi connectivity index (χ1n) is 12.3. The van der Waals surface area contributed by atoms with Crippen molar-refractivity contribution in [2.75, 3.05) is 13.1 Å². The first-order valence-corrected chi connectivity index (χ1v) is 18.7. The fourth-order valence-electron chi connectivity index (χ4n) is 4.81. The molecule has 34 heavy (non-hydrogen) atoms. The van der Waals surface area contributed by atoms with Gasteiger partial charge in [0.05, 0.1) is 0 Å². The van der Waals surface area contributed by atoms with Gasteiger partial charge < -0.3 is 0 Å². The van der Waals surface area contributed by atoms with Crippen LogP contribution < -0.4 is 11.5 Å². The van der Waals surface area contributed by atoms with Gasteiger partial charge in [-0.25, -0.2) is 0 Å². The van der Waals surface area contributed by atoms with Crippen LogP contribution in [0.1, 0.15) is 125 Å². The van der Waals surface area contributed by atoms with E-state index in [-0.39, 0.29) is 12.1 Å². The molecule has 2 rings (SSSR count). The van der Waals surface area contributed by atoms with Crippen molar-refractivity contribution in [3.8, 4) is 0 Å². The first-order chi connectivity index (χ1) is 15.9. The van der Waals surface area contributed by atoms with E-state index in [1.54, 1.807) is 0 Å². The molecule has 0 amide bonds. The quantitative estimate of drug-likeness (QED) is 0.235. The molecule has 2 aromatic rings. The van der Waals surface area contributed by atoms with E-state index in [0.717, 1.165) is 0 Å². The minimum atomic E-state index is -2.29. The molecule has 0 saturated heterocycles. The fraction of sp³-hybridized carbons (Fsp3) is 0.571. The van der Waals surface area contributed by atoms with Crippen LogP contribution in [-0.2, 0) is 16.5 Å². The monoisotopic (exact) mass is 689 g/mol. The van der Waals surface area contributed by atoms with Crippen LogP contribution in [0.2, 0.25) is 0 Å². The maximum atomic E-state index is 6.91. The summed E-state index contributed by atoms with van der Waals surface area (Å²) in [4.78, 5) is 0. The molecule has 0 saturated carbocycles. The first kappa shape index (κ1) is 29.9. The summed E-state index contributed by atoms with van der Waals surface area (Å²) in [7, 11) is 13.3. The summed E-state index contributed by atoms with van der Waals surface area (Å²) in [5.41, 5.74) is 21.5. The zero-order valence-electron chi connectivity index (χ0n) is 22.0.